The number of anilines is 1. The van der Waals surface area contributed by atoms with E-state index in [9.17, 15) is 18.0 Å². The summed E-state index contributed by atoms with van der Waals surface area (Å²) in [6.45, 7) is 4.37. The third kappa shape index (κ3) is 6.00. The summed E-state index contributed by atoms with van der Waals surface area (Å²) in [5.41, 5.74) is 0.622. The Bertz CT molecular complexity index is 960. The summed E-state index contributed by atoms with van der Waals surface area (Å²) in [7, 11) is -3.59. The van der Waals surface area contributed by atoms with Gasteiger partial charge in [0.2, 0.25) is 21.8 Å². The molecule has 2 heterocycles. The average Bonchev–Trinajstić information content (AvgIpc) is 3.38. The Morgan fingerprint density at radius 1 is 1.12 bits per heavy atom. The molecule has 1 saturated carbocycles. The minimum Gasteiger partial charge on any atom is -0.341 e. The first-order valence-corrected chi connectivity index (χ1v) is 14.2. The van der Waals surface area contributed by atoms with E-state index < -0.39 is 10.0 Å². The van der Waals surface area contributed by atoms with Crippen LogP contribution in [0.3, 0.4) is 0 Å². The average molecular weight is 492 g/mol. The lowest BCUT2D eigenvalue weighted by atomic mass is 9.86. The first-order valence-electron chi connectivity index (χ1n) is 11.8. The van der Waals surface area contributed by atoms with Gasteiger partial charge in [-0.3, -0.25) is 9.59 Å². The van der Waals surface area contributed by atoms with Crippen LogP contribution in [0.25, 0.3) is 0 Å². The molecule has 1 aromatic carbocycles. The highest BCUT2D eigenvalue weighted by molar-refractivity contribution is 8.00. The van der Waals surface area contributed by atoms with E-state index in [1.165, 1.54) is 38.2 Å². The van der Waals surface area contributed by atoms with Crippen LogP contribution < -0.4 is 10.6 Å². The molecule has 180 valence electrons. The minimum atomic E-state index is -3.59. The van der Waals surface area contributed by atoms with Gasteiger partial charge in [-0.25, -0.2) is 8.42 Å². The van der Waals surface area contributed by atoms with E-state index in [0.29, 0.717) is 31.1 Å². The molecule has 33 heavy (non-hydrogen) atoms. The molecule has 2 aliphatic heterocycles. The topological polar surface area (TPSA) is 95.6 Å². The van der Waals surface area contributed by atoms with Gasteiger partial charge in [-0.05, 0) is 55.0 Å². The van der Waals surface area contributed by atoms with Crippen molar-refractivity contribution in [1.82, 2.24) is 9.62 Å². The Hall–Kier alpha value is -1.84. The first kappa shape index (κ1) is 24.3. The van der Waals surface area contributed by atoms with Crippen molar-refractivity contribution in [1.29, 1.82) is 0 Å². The standard InChI is InChI=1S/C24H33N3O4S2/c1-2-22(28)26-24-14-18-15-27(16-21(18)32-24)33(30,31)20-11-9-19(10-12-20)25-23(29)13-8-17-6-4-3-5-7-17/h2,9-12,17-18,21,24H,1,3-8,13-16H2,(H,25,29)(H,26,28). The molecule has 0 spiro atoms. The predicted molar refractivity (Wildman–Crippen MR) is 131 cm³/mol. The molecule has 3 aliphatic rings. The lowest BCUT2D eigenvalue weighted by Gasteiger charge is -2.21. The molecule has 0 radical (unpaired) electrons. The summed E-state index contributed by atoms with van der Waals surface area (Å²) in [6, 6.07) is 6.47. The number of nitrogens with one attached hydrogen (secondary N) is 2. The van der Waals surface area contributed by atoms with E-state index in [1.807, 2.05) is 0 Å². The summed E-state index contributed by atoms with van der Waals surface area (Å²) in [6.07, 6.45) is 9.74. The first-order chi connectivity index (χ1) is 15.8. The zero-order valence-electron chi connectivity index (χ0n) is 18.9. The smallest absolute Gasteiger partial charge is 0.244 e. The molecule has 0 bridgehead atoms. The van der Waals surface area contributed by atoms with Gasteiger partial charge in [-0.15, -0.1) is 11.8 Å². The van der Waals surface area contributed by atoms with Crippen molar-refractivity contribution < 1.29 is 18.0 Å². The second-order valence-corrected chi connectivity index (χ2v) is 12.7. The zero-order chi connectivity index (χ0) is 23.4. The fourth-order valence-corrected chi connectivity index (χ4v) is 8.39. The number of fused-ring (bicyclic) bond motifs is 1. The molecule has 9 heteroatoms. The number of hydrogen-bond donors (Lipinski definition) is 2. The monoisotopic (exact) mass is 491 g/mol. The van der Waals surface area contributed by atoms with Gasteiger partial charge < -0.3 is 10.6 Å². The van der Waals surface area contributed by atoms with E-state index in [2.05, 4.69) is 17.2 Å². The molecule has 2 saturated heterocycles. The number of hydrogen-bond acceptors (Lipinski definition) is 5. The molecule has 7 nitrogen and oxygen atoms in total. The molecule has 2 amide bonds. The number of rotatable bonds is 8. The van der Waals surface area contributed by atoms with Crippen LogP contribution in [0.5, 0.6) is 0 Å². The van der Waals surface area contributed by atoms with E-state index in [1.54, 1.807) is 40.3 Å². The molecule has 4 rings (SSSR count). The molecule has 3 fully saturated rings. The van der Waals surface area contributed by atoms with Crippen LogP contribution >= 0.6 is 11.8 Å². The number of carbonyl (C=O) groups excluding carboxylic acids is 2. The Labute approximate surface area is 200 Å². The number of nitrogens with zero attached hydrogens (tertiary/aromatic N) is 1. The molecule has 2 N–H and O–H groups in total. The normalized spacial score (nSPS) is 26.0. The van der Waals surface area contributed by atoms with Crippen LogP contribution in [0.15, 0.2) is 41.8 Å². The highest BCUT2D eigenvalue weighted by Gasteiger charge is 2.45. The van der Waals surface area contributed by atoms with Crippen molar-refractivity contribution >= 4 is 39.3 Å². The van der Waals surface area contributed by atoms with Crippen molar-refractivity contribution in [3.8, 4) is 0 Å². The van der Waals surface area contributed by atoms with Crippen LogP contribution in [-0.2, 0) is 19.6 Å². The van der Waals surface area contributed by atoms with Gasteiger partial charge >= 0.3 is 0 Å². The Morgan fingerprint density at radius 2 is 1.85 bits per heavy atom. The van der Waals surface area contributed by atoms with Crippen LogP contribution in [0.4, 0.5) is 5.69 Å². The Morgan fingerprint density at radius 3 is 2.52 bits per heavy atom. The molecule has 1 aliphatic carbocycles. The van der Waals surface area contributed by atoms with Gasteiger partial charge in [0.15, 0.2) is 0 Å². The maximum atomic E-state index is 13.1. The van der Waals surface area contributed by atoms with Crippen molar-refractivity contribution in [2.24, 2.45) is 11.8 Å². The van der Waals surface area contributed by atoms with E-state index in [4.69, 9.17) is 0 Å². The predicted octanol–water partition coefficient (Wildman–Crippen LogP) is 3.74. The summed E-state index contributed by atoms with van der Waals surface area (Å²) < 4.78 is 27.8. The fourth-order valence-electron chi connectivity index (χ4n) is 5.13. The lowest BCUT2D eigenvalue weighted by Crippen LogP contribution is -2.33. The third-order valence-electron chi connectivity index (χ3n) is 6.97. The zero-order valence-corrected chi connectivity index (χ0v) is 20.5. The Kier molecular flexibility index (Phi) is 7.81. The lowest BCUT2D eigenvalue weighted by molar-refractivity contribution is -0.117. The number of thioether (sulfide) groups is 1. The second kappa shape index (κ2) is 10.6. The number of benzene rings is 1. The summed E-state index contributed by atoms with van der Waals surface area (Å²) in [5, 5.41) is 5.98. The molecular weight excluding hydrogens is 458 g/mol. The SMILES string of the molecule is C=CC(=O)NC1CC2CN(S(=O)(=O)c3ccc(NC(=O)CCC4CCCCC4)cc3)CC2S1. The molecule has 3 atom stereocenters. The van der Waals surface area contributed by atoms with Crippen molar-refractivity contribution in [3.63, 3.8) is 0 Å². The number of sulfonamides is 1. The molecule has 1 aromatic rings. The molecule has 3 unspecified atom stereocenters. The summed E-state index contributed by atoms with van der Waals surface area (Å²) in [4.78, 5) is 24.1. The Balaban J connectivity index is 1.28. The highest BCUT2D eigenvalue weighted by Crippen LogP contribution is 2.43. The van der Waals surface area contributed by atoms with Crippen molar-refractivity contribution in [2.45, 2.75) is 66.9 Å². The van der Waals surface area contributed by atoms with E-state index in [0.717, 1.165) is 12.8 Å². The largest absolute Gasteiger partial charge is 0.341 e. The second-order valence-electron chi connectivity index (χ2n) is 9.31. The van der Waals surface area contributed by atoms with Crippen LogP contribution in [0.1, 0.15) is 51.4 Å². The van der Waals surface area contributed by atoms with Crippen molar-refractivity contribution in [2.75, 3.05) is 18.4 Å². The van der Waals surface area contributed by atoms with Gasteiger partial charge in [0.05, 0.1) is 10.3 Å². The number of amides is 2. The fraction of sp³-hybridized carbons (Fsp3) is 0.583. The number of carbonyl (C=O) groups is 2. The van der Waals surface area contributed by atoms with Gasteiger partial charge in [0, 0.05) is 30.4 Å². The highest BCUT2D eigenvalue weighted by atomic mass is 32.2. The quantitative estimate of drug-likeness (QED) is 0.540. The summed E-state index contributed by atoms with van der Waals surface area (Å²) in [5.74, 6) is 0.670. The van der Waals surface area contributed by atoms with Gasteiger partial charge in [0.25, 0.3) is 0 Å². The maximum Gasteiger partial charge on any atom is 0.244 e. The molecular formula is C24H33N3O4S2. The maximum absolute atomic E-state index is 13.1. The van der Waals surface area contributed by atoms with Crippen LogP contribution in [-0.4, -0.2) is 48.3 Å². The van der Waals surface area contributed by atoms with Crippen molar-refractivity contribution in [3.05, 3.63) is 36.9 Å². The molecule has 0 aromatic heterocycles. The van der Waals surface area contributed by atoms with Gasteiger partial charge in [-0.1, -0.05) is 38.7 Å². The van der Waals surface area contributed by atoms with Gasteiger partial charge in [0.1, 0.15) is 0 Å². The van der Waals surface area contributed by atoms with E-state index >= 15 is 0 Å². The minimum absolute atomic E-state index is 0.0105. The van der Waals surface area contributed by atoms with Gasteiger partial charge in [-0.2, -0.15) is 4.31 Å². The summed E-state index contributed by atoms with van der Waals surface area (Å²) >= 11 is 1.63. The van der Waals surface area contributed by atoms with Crippen LogP contribution in [0.2, 0.25) is 0 Å². The van der Waals surface area contributed by atoms with E-state index in [-0.39, 0.29) is 33.3 Å². The third-order valence-corrected chi connectivity index (χ3v) is 10.3. The van der Waals surface area contributed by atoms with Crippen LogP contribution in [0, 0.1) is 11.8 Å².